The lowest BCUT2D eigenvalue weighted by Crippen LogP contribution is -2.38. The first-order valence-corrected chi connectivity index (χ1v) is 8.65. The van der Waals surface area contributed by atoms with Crippen molar-refractivity contribution in [1.29, 1.82) is 0 Å². The molecule has 0 aliphatic heterocycles. The fourth-order valence-electron chi connectivity index (χ4n) is 3.79. The molecule has 1 N–H and O–H groups in total. The van der Waals surface area contributed by atoms with Crippen LogP contribution in [0.25, 0.3) is 0 Å². The number of hydrogen-bond donors (Lipinski definition) is 1. The molecule has 116 valence electrons. The average Bonchev–Trinajstić information content (AvgIpc) is 3.22. The van der Waals surface area contributed by atoms with Crippen LogP contribution in [0.5, 0.6) is 0 Å². The van der Waals surface area contributed by atoms with E-state index in [9.17, 15) is 0 Å². The molecule has 0 aromatic heterocycles. The van der Waals surface area contributed by atoms with Crippen LogP contribution in [0, 0.1) is 5.41 Å². The standard InChI is InChI=1S/C18H27ClN2/c1-4-21(15-7-8-15)10-9-20-17-16-11-14(19)6-5-13(16)12-18(17,2)3/h5-6,11,15,17,20H,4,7-10,12H2,1-3H3. The lowest BCUT2D eigenvalue weighted by molar-refractivity contribution is 0.236. The quantitative estimate of drug-likeness (QED) is 0.853. The summed E-state index contributed by atoms with van der Waals surface area (Å²) in [6, 6.07) is 7.65. The zero-order valence-electron chi connectivity index (χ0n) is 13.5. The molecule has 3 rings (SSSR count). The fraction of sp³-hybridized carbons (Fsp3) is 0.667. The molecule has 0 heterocycles. The summed E-state index contributed by atoms with van der Waals surface area (Å²) >= 11 is 6.20. The van der Waals surface area contributed by atoms with Crippen molar-refractivity contribution in [3.8, 4) is 0 Å². The van der Waals surface area contributed by atoms with E-state index in [0.717, 1.165) is 30.6 Å². The maximum atomic E-state index is 6.20. The number of halogens is 1. The van der Waals surface area contributed by atoms with Crippen molar-refractivity contribution in [2.45, 2.75) is 52.1 Å². The highest BCUT2D eigenvalue weighted by atomic mass is 35.5. The second-order valence-corrected chi connectivity index (χ2v) is 7.69. The molecule has 1 aromatic rings. The van der Waals surface area contributed by atoms with Gasteiger partial charge in [0.25, 0.3) is 0 Å². The van der Waals surface area contributed by atoms with Crippen molar-refractivity contribution < 1.29 is 0 Å². The highest BCUT2D eigenvalue weighted by Gasteiger charge is 2.38. The van der Waals surface area contributed by atoms with Gasteiger partial charge in [-0.2, -0.15) is 0 Å². The van der Waals surface area contributed by atoms with Crippen LogP contribution < -0.4 is 5.32 Å². The summed E-state index contributed by atoms with van der Waals surface area (Å²) in [6.07, 6.45) is 3.92. The van der Waals surface area contributed by atoms with Crippen LogP contribution in [0.2, 0.25) is 5.02 Å². The second kappa shape index (κ2) is 5.91. The van der Waals surface area contributed by atoms with Gasteiger partial charge in [-0.15, -0.1) is 0 Å². The molecule has 2 nitrogen and oxygen atoms in total. The van der Waals surface area contributed by atoms with Gasteiger partial charge < -0.3 is 5.32 Å². The summed E-state index contributed by atoms with van der Waals surface area (Å²) in [6.45, 7) is 10.4. The van der Waals surface area contributed by atoms with E-state index in [4.69, 9.17) is 11.6 Å². The highest BCUT2D eigenvalue weighted by Crippen LogP contribution is 2.45. The third-order valence-corrected chi connectivity index (χ3v) is 5.30. The van der Waals surface area contributed by atoms with E-state index in [1.165, 1.54) is 30.5 Å². The Kier molecular flexibility index (Phi) is 4.31. The molecule has 21 heavy (non-hydrogen) atoms. The average molecular weight is 307 g/mol. The molecule has 0 saturated heterocycles. The van der Waals surface area contributed by atoms with Crippen molar-refractivity contribution in [2.24, 2.45) is 5.41 Å². The number of nitrogens with zero attached hydrogens (tertiary/aromatic N) is 1. The van der Waals surface area contributed by atoms with Gasteiger partial charge in [-0.25, -0.2) is 0 Å². The number of likely N-dealkylation sites (N-methyl/N-ethyl adjacent to an activating group) is 1. The number of hydrogen-bond acceptors (Lipinski definition) is 2. The van der Waals surface area contributed by atoms with Crippen LogP contribution in [0.3, 0.4) is 0 Å². The molecule has 0 radical (unpaired) electrons. The second-order valence-electron chi connectivity index (χ2n) is 7.26. The SMILES string of the molecule is CCN(CCNC1c2cc(Cl)ccc2CC1(C)C)C1CC1. The minimum absolute atomic E-state index is 0.268. The molecule has 2 aliphatic rings. The van der Waals surface area contributed by atoms with Crippen LogP contribution in [0.1, 0.15) is 50.8 Å². The first-order chi connectivity index (χ1) is 10.0. The van der Waals surface area contributed by atoms with Crippen LogP contribution in [0.4, 0.5) is 0 Å². The van der Waals surface area contributed by atoms with Crippen LogP contribution >= 0.6 is 11.6 Å². The minimum atomic E-state index is 0.268. The third kappa shape index (κ3) is 3.28. The topological polar surface area (TPSA) is 15.3 Å². The van der Waals surface area contributed by atoms with Crippen LogP contribution in [-0.4, -0.2) is 30.6 Å². The Balaban J connectivity index is 1.65. The Morgan fingerprint density at radius 1 is 1.33 bits per heavy atom. The van der Waals surface area contributed by atoms with Crippen molar-refractivity contribution in [3.63, 3.8) is 0 Å². The van der Waals surface area contributed by atoms with E-state index >= 15 is 0 Å². The Morgan fingerprint density at radius 3 is 2.76 bits per heavy atom. The van der Waals surface area contributed by atoms with Crippen molar-refractivity contribution in [2.75, 3.05) is 19.6 Å². The van der Waals surface area contributed by atoms with Gasteiger partial charge in [0.15, 0.2) is 0 Å². The molecule has 1 fully saturated rings. The van der Waals surface area contributed by atoms with Gasteiger partial charge in [0.05, 0.1) is 0 Å². The molecule has 1 aromatic carbocycles. The zero-order valence-corrected chi connectivity index (χ0v) is 14.2. The molecule has 1 saturated carbocycles. The molecule has 0 spiro atoms. The predicted molar refractivity (Wildman–Crippen MR) is 89.9 cm³/mol. The third-order valence-electron chi connectivity index (χ3n) is 5.06. The Bertz CT molecular complexity index is 508. The van der Waals surface area contributed by atoms with E-state index in [0.29, 0.717) is 6.04 Å². The normalized spacial score (nSPS) is 23.6. The fourth-order valence-corrected chi connectivity index (χ4v) is 3.97. The lowest BCUT2D eigenvalue weighted by Gasteiger charge is -2.30. The Labute approximate surface area is 133 Å². The molecule has 3 heteroatoms. The molecule has 2 aliphatic carbocycles. The van der Waals surface area contributed by atoms with Gasteiger partial charge in [-0.3, -0.25) is 4.90 Å². The van der Waals surface area contributed by atoms with Crippen LogP contribution in [0.15, 0.2) is 18.2 Å². The largest absolute Gasteiger partial charge is 0.308 e. The lowest BCUT2D eigenvalue weighted by atomic mass is 9.85. The number of rotatable bonds is 6. The zero-order chi connectivity index (χ0) is 15.0. The molecular formula is C18H27ClN2. The summed E-state index contributed by atoms with van der Waals surface area (Å²) in [5.41, 5.74) is 3.13. The van der Waals surface area contributed by atoms with E-state index in [2.05, 4.69) is 43.1 Å². The van der Waals surface area contributed by atoms with E-state index < -0.39 is 0 Å². The van der Waals surface area contributed by atoms with Gasteiger partial charge in [-0.05, 0) is 54.5 Å². The maximum Gasteiger partial charge on any atom is 0.0409 e. The smallest absolute Gasteiger partial charge is 0.0409 e. The van der Waals surface area contributed by atoms with E-state index in [-0.39, 0.29) is 5.41 Å². The van der Waals surface area contributed by atoms with Crippen molar-refractivity contribution >= 4 is 11.6 Å². The first-order valence-electron chi connectivity index (χ1n) is 8.27. The molecule has 0 amide bonds. The molecule has 1 atom stereocenters. The summed E-state index contributed by atoms with van der Waals surface area (Å²) in [5, 5.41) is 4.66. The van der Waals surface area contributed by atoms with E-state index in [1.54, 1.807) is 0 Å². The Hall–Kier alpha value is -0.570. The summed E-state index contributed by atoms with van der Waals surface area (Å²) in [5.74, 6) is 0. The van der Waals surface area contributed by atoms with Gasteiger partial charge in [-0.1, -0.05) is 38.4 Å². The highest BCUT2D eigenvalue weighted by molar-refractivity contribution is 6.30. The maximum absolute atomic E-state index is 6.20. The van der Waals surface area contributed by atoms with E-state index in [1.807, 2.05) is 6.07 Å². The summed E-state index contributed by atoms with van der Waals surface area (Å²) < 4.78 is 0. The minimum Gasteiger partial charge on any atom is -0.308 e. The Morgan fingerprint density at radius 2 is 2.10 bits per heavy atom. The monoisotopic (exact) mass is 306 g/mol. The molecular weight excluding hydrogens is 280 g/mol. The number of nitrogens with one attached hydrogen (secondary N) is 1. The van der Waals surface area contributed by atoms with Gasteiger partial charge in [0.1, 0.15) is 0 Å². The predicted octanol–water partition coefficient (Wildman–Crippen LogP) is 4.04. The van der Waals surface area contributed by atoms with Crippen molar-refractivity contribution in [3.05, 3.63) is 34.3 Å². The first kappa shape index (κ1) is 15.3. The van der Waals surface area contributed by atoms with Gasteiger partial charge in [0.2, 0.25) is 0 Å². The van der Waals surface area contributed by atoms with Gasteiger partial charge >= 0.3 is 0 Å². The van der Waals surface area contributed by atoms with Crippen molar-refractivity contribution in [1.82, 2.24) is 10.2 Å². The molecule has 0 bridgehead atoms. The number of fused-ring (bicyclic) bond motifs is 1. The number of benzene rings is 1. The summed E-state index contributed by atoms with van der Waals surface area (Å²) in [7, 11) is 0. The molecule has 1 unspecified atom stereocenters. The van der Waals surface area contributed by atoms with Crippen LogP contribution in [-0.2, 0) is 6.42 Å². The van der Waals surface area contributed by atoms with Gasteiger partial charge in [0, 0.05) is 30.2 Å². The summed E-state index contributed by atoms with van der Waals surface area (Å²) in [4.78, 5) is 2.60.